The Morgan fingerprint density at radius 1 is 1.05 bits per heavy atom. The third-order valence-corrected chi connectivity index (χ3v) is 3.54. The lowest BCUT2D eigenvalue weighted by molar-refractivity contribution is -0.124. The lowest BCUT2D eigenvalue weighted by atomic mass is 9.94. The van der Waals surface area contributed by atoms with Crippen molar-refractivity contribution in [3.63, 3.8) is 0 Å². The normalized spacial score (nSPS) is 16.6. The first-order chi connectivity index (χ1) is 9.56. The molecule has 1 amide bonds. The predicted molar refractivity (Wildman–Crippen MR) is 79.8 cm³/mol. The summed E-state index contributed by atoms with van der Waals surface area (Å²) in [5.41, 5.74) is 2.40. The van der Waals surface area contributed by atoms with Gasteiger partial charge in [0.05, 0.1) is 11.1 Å². The molecule has 1 N–H and O–H groups in total. The van der Waals surface area contributed by atoms with E-state index in [4.69, 9.17) is 4.74 Å². The first-order valence-electron chi connectivity index (χ1n) is 6.70. The van der Waals surface area contributed by atoms with Gasteiger partial charge in [-0.25, -0.2) is 0 Å². The summed E-state index contributed by atoms with van der Waals surface area (Å²) in [5.74, 6) is 0.713. The Labute approximate surface area is 118 Å². The summed E-state index contributed by atoms with van der Waals surface area (Å²) >= 11 is 0. The van der Waals surface area contributed by atoms with Gasteiger partial charge in [-0.15, -0.1) is 0 Å². The molecule has 1 aliphatic heterocycles. The largest absolute Gasteiger partial charge is 0.490 e. The van der Waals surface area contributed by atoms with Gasteiger partial charge in [-0.05, 0) is 37.1 Å². The van der Waals surface area contributed by atoms with E-state index in [1.165, 1.54) is 0 Å². The molecule has 2 aromatic rings. The number of fused-ring (bicyclic) bond motifs is 1. The van der Waals surface area contributed by atoms with Crippen molar-refractivity contribution in [2.24, 2.45) is 5.41 Å². The molecule has 0 fully saturated rings. The molecule has 3 rings (SSSR count). The average molecular weight is 267 g/mol. The van der Waals surface area contributed by atoms with Crippen molar-refractivity contribution >= 4 is 11.6 Å². The van der Waals surface area contributed by atoms with Crippen molar-refractivity contribution in [3.05, 3.63) is 48.5 Å². The molecule has 20 heavy (non-hydrogen) atoms. The number of carbonyl (C=O) groups is 1. The smallest absolute Gasteiger partial charge is 0.233 e. The Bertz CT molecular complexity index is 647. The van der Waals surface area contributed by atoms with Gasteiger partial charge in [0.2, 0.25) is 5.91 Å². The minimum atomic E-state index is -0.522. The Kier molecular flexibility index (Phi) is 2.97. The molecule has 0 aromatic heterocycles. The van der Waals surface area contributed by atoms with Crippen LogP contribution in [0.25, 0.3) is 11.1 Å². The van der Waals surface area contributed by atoms with Gasteiger partial charge in [0.1, 0.15) is 12.4 Å². The number of benzene rings is 2. The SMILES string of the molecule is CC1(C)COc2ccc(-c3ccccc3)cc2NC1=O. The van der Waals surface area contributed by atoms with E-state index < -0.39 is 5.41 Å². The fourth-order valence-electron chi connectivity index (χ4n) is 2.18. The first-order valence-corrected chi connectivity index (χ1v) is 6.70. The number of nitrogens with one attached hydrogen (secondary N) is 1. The van der Waals surface area contributed by atoms with E-state index in [1.54, 1.807) is 0 Å². The van der Waals surface area contributed by atoms with Crippen LogP contribution in [0, 0.1) is 5.41 Å². The highest BCUT2D eigenvalue weighted by atomic mass is 16.5. The summed E-state index contributed by atoms with van der Waals surface area (Å²) in [6.45, 7) is 4.15. The van der Waals surface area contributed by atoms with Crippen LogP contribution in [0.3, 0.4) is 0 Å². The van der Waals surface area contributed by atoms with Gasteiger partial charge in [0.15, 0.2) is 0 Å². The fourth-order valence-corrected chi connectivity index (χ4v) is 2.18. The monoisotopic (exact) mass is 267 g/mol. The van der Waals surface area contributed by atoms with Gasteiger partial charge in [0, 0.05) is 0 Å². The van der Waals surface area contributed by atoms with Crippen LogP contribution >= 0.6 is 0 Å². The standard InChI is InChI=1S/C17H17NO2/c1-17(2)11-20-15-9-8-13(10-14(15)18-16(17)19)12-6-4-3-5-7-12/h3-10H,11H2,1-2H3,(H,18,19). The lowest BCUT2D eigenvalue weighted by Gasteiger charge is -2.18. The molecule has 1 heterocycles. The molecule has 3 nitrogen and oxygen atoms in total. The van der Waals surface area contributed by atoms with Crippen molar-refractivity contribution in [1.82, 2.24) is 0 Å². The average Bonchev–Trinajstić information content (AvgIpc) is 2.57. The second kappa shape index (κ2) is 4.67. The number of rotatable bonds is 1. The van der Waals surface area contributed by atoms with Crippen LogP contribution in [0.4, 0.5) is 5.69 Å². The zero-order valence-electron chi connectivity index (χ0n) is 11.6. The first kappa shape index (κ1) is 12.7. The van der Waals surface area contributed by atoms with Crippen LogP contribution in [-0.2, 0) is 4.79 Å². The van der Waals surface area contributed by atoms with Gasteiger partial charge in [0.25, 0.3) is 0 Å². The van der Waals surface area contributed by atoms with Gasteiger partial charge in [-0.1, -0.05) is 36.4 Å². The number of amides is 1. The molecule has 0 radical (unpaired) electrons. The summed E-state index contributed by atoms with van der Waals surface area (Å²) in [6.07, 6.45) is 0. The second-order valence-corrected chi connectivity index (χ2v) is 5.70. The topological polar surface area (TPSA) is 38.3 Å². The highest BCUT2D eigenvalue weighted by molar-refractivity contribution is 5.97. The number of carbonyl (C=O) groups excluding carboxylic acids is 1. The van der Waals surface area contributed by atoms with Crippen LogP contribution in [0.15, 0.2) is 48.5 Å². The third kappa shape index (κ3) is 2.27. The van der Waals surface area contributed by atoms with Crippen LogP contribution in [-0.4, -0.2) is 12.5 Å². The maximum atomic E-state index is 12.2. The predicted octanol–water partition coefficient (Wildman–Crippen LogP) is 3.71. The Hall–Kier alpha value is -2.29. The molecule has 0 unspecified atom stereocenters. The lowest BCUT2D eigenvalue weighted by Crippen LogP contribution is -2.33. The molecule has 2 aromatic carbocycles. The Morgan fingerprint density at radius 2 is 1.80 bits per heavy atom. The van der Waals surface area contributed by atoms with E-state index in [0.29, 0.717) is 6.61 Å². The van der Waals surface area contributed by atoms with Gasteiger partial charge in [-0.2, -0.15) is 0 Å². The van der Waals surface area contributed by atoms with Crippen molar-refractivity contribution < 1.29 is 9.53 Å². The van der Waals surface area contributed by atoms with Gasteiger partial charge in [-0.3, -0.25) is 4.79 Å². The van der Waals surface area contributed by atoms with E-state index in [-0.39, 0.29) is 5.91 Å². The van der Waals surface area contributed by atoms with Crippen LogP contribution in [0.5, 0.6) is 5.75 Å². The number of ether oxygens (including phenoxy) is 1. The molecule has 0 aliphatic carbocycles. The third-order valence-electron chi connectivity index (χ3n) is 3.54. The zero-order valence-corrected chi connectivity index (χ0v) is 11.6. The molecular weight excluding hydrogens is 250 g/mol. The highest BCUT2D eigenvalue weighted by Crippen LogP contribution is 2.35. The van der Waals surface area contributed by atoms with E-state index in [0.717, 1.165) is 22.6 Å². The maximum absolute atomic E-state index is 12.2. The summed E-state index contributed by atoms with van der Waals surface area (Å²) in [4.78, 5) is 12.2. The Balaban J connectivity index is 2.00. The second-order valence-electron chi connectivity index (χ2n) is 5.70. The molecular formula is C17H17NO2. The maximum Gasteiger partial charge on any atom is 0.233 e. The number of hydrogen-bond acceptors (Lipinski definition) is 2. The van der Waals surface area contributed by atoms with Gasteiger partial charge >= 0.3 is 0 Å². The molecule has 0 atom stereocenters. The summed E-state index contributed by atoms with van der Waals surface area (Å²) in [6, 6.07) is 16.0. The minimum Gasteiger partial charge on any atom is -0.490 e. The van der Waals surface area contributed by atoms with E-state index in [2.05, 4.69) is 5.32 Å². The highest BCUT2D eigenvalue weighted by Gasteiger charge is 2.32. The molecule has 0 spiro atoms. The molecule has 0 saturated carbocycles. The van der Waals surface area contributed by atoms with E-state index in [9.17, 15) is 4.79 Å². The zero-order chi connectivity index (χ0) is 14.2. The van der Waals surface area contributed by atoms with Crippen molar-refractivity contribution in [3.8, 4) is 16.9 Å². The minimum absolute atomic E-state index is 0.0125. The van der Waals surface area contributed by atoms with Crippen LogP contribution in [0.1, 0.15) is 13.8 Å². The summed E-state index contributed by atoms with van der Waals surface area (Å²) in [5, 5.41) is 2.96. The summed E-state index contributed by atoms with van der Waals surface area (Å²) < 4.78 is 5.74. The fraction of sp³-hybridized carbons (Fsp3) is 0.235. The molecule has 0 saturated heterocycles. The molecule has 3 heteroatoms. The van der Waals surface area contributed by atoms with Gasteiger partial charge < -0.3 is 10.1 Å². The van der Waals surface area contributed by atoms with E-state index >= 15 is 0 Å². The molecule has 102 valence electrons. The number of hydrogen-bond donors (Lipinski definition) is 1. The quantitative estimate of drug-likeness (QED) is 0.855. The molecule has 1 aliphatic rings. The van der Waals surface area contributed by atoms with Crippen molar-refractivity contribution in [2.75, 3.05) is 11.9 Å². The molecule has 0 bridgehead atoms. The number of anilines is 1. The summed E-state index contributed by atoms with van der Waals surface area (Å²) in [7, 11) is 0. The van der Waals surface area contributed by atoms with Crippen molar-refractivity contribution in [1.29, 1.82) is 0 Å². The van der Waals surface area contributed by atoms with Crippen LogP contribution < -0.4 is 10.1 Å². The Morgan fingerprint density at radius 3 is 2.55 bits per heavy atom. The van der Waals surface area contributed by atoms with Crippen molar-refractivity contribution in [2.45, 2.75) is 13.8 Å². The van der Waals surface area contributed by atoms with E-state index in [1.807, 2.05) is 62.4 Å². The van der Waals surface area contributed by atoms with Crippen LogP contribution in [0.2, 0.25) is 0 Å².